The number of nitrogens with one attached hydrogen (secondary N) is 1. The van der Waals surface area contributed by atoms with Gasteiger partial charge in [-0.3, -0.25) is 0 Å². The molecule has 0 amide bonds. The van der Waals surface area contributed by atoms with Crippen molar-refractivity contribution in [1.29, 1.82) is 0 Å². The van der Waals surface area contributed by atoms with Crippen molar-refractivity contribution >= 4 is 10.0 Å². The SMILES string of the molecule is CCC(C)N1C(C)(C)CNCCCS1(=O)=O. The third-order valence-corrected chi connectivity index (χ3v) is 5.46. The van der Waals surface area contributed by atoms with Crippen molar-refractivity contribution in [3.05, 3.63) is 0 Å². The average molecular weight is 248 g/mol. The Labute approximate surface area is 99.5 Å². The number of hydrogen-bond donors (Lipinski definition) is 1. The lowest BCUT2D eigenvalue weighted by atomic mass is 10.0. The molecule has 1 heterocycles. The normalized spacial score (nSPS) is 28.0. The highest BCUT2D eigenvalue weighted by molar-refractivity contribution is 7.89. The van der Waals surface area contributed by atoms with E-state index in [-0.39, 0.29) is 17.3 Å². The molecular formula is C11H24N2O2S. The maximum atomic E-state index is 12.3. The number of rotatable bonds is 2. The molecule has 1 unspecified atom stereocenters. The van der Waals surface area contributed by atoms with Crippen LogP contribution in [0.3, 0.4) is 0 Å². The molecule has 1 saturated heterocycles. The van der Waals surface area contributed by atoms with Gasteiger partial charge in [0, 0.05) is 18.1 Å². The van der Waals surface area contributed by atoms with Crippen LogP contribution >= 0.6 is 0 Å². The van der Waals surface area contributed by atoms with E-state index >= 15 is 0 Å². The molecule has 16 heavy (non-hydrogen) atoms. The zero-order valence-corrected chi connectivity index (χ0v) is 11.6. The lowest BCUT2D eigenvalue weighted by molar-refractivity contribution is 0.170. The molecule has 0 saturated carbocycles. The highest BCUT2D eigenvalue weighted by atomic mass is 32.2. The zero-order chi connectivity index (χ0) is 12.4. The topological polar surface area (TPSA) is 49.4 Å². The van der Waals surface area contributed by atoms with E-state index < -0.39 is 10.0 Å². The van der Waals surface area contributed by atoms with E-state index in [4.69, 9.17) is 0 Å². The van der Waals surface area contributed by atoms with Crippen molar-refractivity contribution in [3.63, 3.8) is 0 Å². The summed E-state index contributed by atoms with van der Waals surface area (Å²) >= 11 is 0. The zero-order valence-electron chi connectivity index (χ0n) is 10.8. The van der Waals surface area contributed by atoms with Gasteiger partial charge in [-0.15, -0.1) is 0 Å². The number of nitrogens with zero attached hydrogens (tertiary/aromatic N) is 1. The highest BCUT2D eigenvalue weighted by Crippen LogP contribution is 2.25. The second kappa shape index (κ2) is 5.02. The van der Waals surface area contributed by atoms with E-state index in [9.17, 15) is 8.42 Å². The predicted molar refractivity (Wildman–Crippen MR) is 66.9 cm³/mol. The van der Waals surface area contributed by atoms with Gasteiger partial charge < -0.3 is 5.32 Å². The van der Waals surface area contributed by atoms with E-state index in [1.807, 2.05) is 27.7 Å². The molecule has 0 aromatic heterocycles. The van der Waals surface area contributed by atoms with E-state index in [1.165, 1.54) is 0 Å². The summed E-state index contributed by atoms with van der Waals surface area (Å²) in [5, 5.41) is 3.32. The molecule has 0 aromatic carbocycles. The predicted octanol–water partition coefficient (Wildman–Crippen LogP) is 1.19. The molecule has 0 bridgehead atoms. The quantitative estimate of drug-likeness (QED) is 0.798. The Morgan fingerprint density at radius 2 is 2.06 bits per heavy atom. The van der Waals surface area contributed by atoms with Crippen LogP contribution in [0.25, 0.3) is 0 Å². The first-order chi connectivity index (χ1) is 7.31. The fourth-order valence-corrected chi connectivity index (χ4v) is 4.58. The van der Waals surface area contributed by atoms with Crippen molar-refractivity contribution in [2.75, 3.05) is 18.8 Å². The van der Waals surface area contributed by atoms with Gasteiger partial charge in [-0.2, -0.15) is 4.31 Å². The van der Waals surface area contributed by atoms with E-state index in [0.29, 0.717) is 6.42 Å². The minimum atomic E-state index is -3.11. The maximum Gasteiger partial charge on any atom is 0.214 e. The van der Waals surface area contributed by atoms with E-state index in [1.54, 1.807) is 4.31 Å². The van der Waals surface area contributed by atoms with Crippen molar-refractivity contribution in [2.24, 2.45) is 0 Å². The second-order valence-corrected chi connectivity index (χ2v) is 7.18. The van der Waals surface area contributed by atoms with Crippen LogP contribution in [0.4, 0.5) is 0 Å². The van der Waals surface area contributed by atoms with Gasteiger partial charge in [0.05, 0.1) is 5.75 Å². The number of hydrogen-bond acceptors (Lipinski definition) is 3. The summed E-state index contributed by atoms with van der Waals surface area (Å²) in [5.74, 6) is 0.258. The van der Waals surface area contributed by atoms with Crippen LogP contribution in [0.1, 0.15) is 40.5 Å². The molecule has 4 nitrogen and oxygen atoms in total. The standard InChI is InChI=1S/C11H24N2O2S/c1-5-10(2)13-11(3,4)9-12-7-6-8-16(13,14)15/h10,12H,5-9H2,1-4H3. The molecule has 1 atom stereocenters. The van der Waals surface area contributed by atoms with E-state index in [2.05, 4.69) is 5.32 Å². The van der Waals surface area contributed by atoms with Crippen LogP contribution in [0.2, 0.25) is 0 Å². The Bertz CT molecular complexity index is 325. The molecule has 0 radical (unpaired) electrons. The molecular weight excluding hydrogens is 224 g/mol. The Balaban J connectivity index is 3.07. The van der Waals surface area contributed by atoms with Gasteiger partial charge in [-0.1, -0.05) is 6.92 Å². The van der Waals surface area contributed by atoms with Crippen molar-refractivity contribution < 1.29 is 8.42 Å². The molecule has 1 rings (SSSR count). The fourth-order valence-electron chi connectivity index (χ4n) is 2.36. The molecule has 1 N–H and O–H groups in total. The summed E-state index contributed by atoms with van der Waals surface area (Å²) in [7, 11) is -3.11. The molecule has 0 aliphatic carbocycles. The smallest absolute Gasteiger partial charge is 0.214 e. The van der Waals surface area contributed by atoms with Crippen molar-refractivity contribution in [2.45, 2.75) is 52.1 Å². The Kier molecular flexibility index (Phi) is 4.37. The summed E-state index contributed by atoms with van der Waals surface area (Å²) in [6.07, 6.45) is 1.55. The molecule has 1 fully saturated rings. The second-order valence-electron chi connectivity index (χ2n) is 5.21. The van der Waals surface area contributed by atoms with Crippen LogP contribution in [-0.2, 0) is 10.0 Å². The minimum absolute atomic E-state index is 0.0694. The molecule has 96 valence electrons. The van der Waals surface area contributed by atoms with Gasteiger partial charge in [0.1, 0.15) is 0 Å². The lowest BCUT2D eigenvalue weighted by Gasteiger charge is -2.42. The van der Waals surface area contributed by atoms with Crippen LogP contribution in [0.15, 0.2) is 0 Å². The van der Waals surface area contributed by atoms with Gasteiger partial charge in [0.2, 0.25) is 10.0 Å². The first-order valence-corrected chi connectivity index (χ1v) is 7.65. The van der Waals surface area contributed by atoms with Gasteiger partial charge >= 0.3 is 0 Å². The summed E-state index contributed by atoms with van der Waals surface area (Å²) in [6, 6.07) is 0.0694. The molecule has 1 aliphatic heterocycles. The lowest BCUT2D eigenvalue weighted by Crippen LogP contribution is -2.58. The Morgan fingerprint density at radius 3 is 2.62 bits per heavy atom. The third kappa shape index (κ3) is 2.96. The summed E-state index contributed by atoms with van der Waals surface area (Å²) in [6.45, 7) is 9.51. The number of sulfonamides is 1. The molecule has 5 heteroatoms. The fraction of sp³-hybridized carbons (Fsp3) is 1.00. The summed E-state index contributed by atoms with van der Waals surface area (Å²) in [5.41, 5.74) is -0.339. The first-order valence-electron chi connectivity index (χ1n) is 6.04. The van der Waals surface area contributed by atoms with Crippen LogP contribution in [0, 0.1) is 0 Å². The molecule has 1 aliphatic rings. The van der Waals surface area contributed by atoms with Gasteiger partial charge in [0.15, 0.2) is 0 Å². The van der Waals surface area contributed by atoms with E-state index in [0.717, 1.165) is 19.5 Å². The van der Waals surface area contributed by atoms with Gasteiger partial charge in [-0.05, 0) is 40.2 Å². The van der Waals surface area contributed by atoms with Gasteiger partial charge in [0.25, 0.3) is 0 Å². The minimum Gasteiger partial charge on any atom is -0.315 e. The monoisotopic (exact) mass is 248 g/mol. The summed E-state index contributed by atoms with van der Waals surface area (Å²) in [4.78, 5) is 0. The highest BCUT2D eigenvalue weighted by Gasteiger charge is 2.39. The Morgan fingerprint density at radius 1 is 1.44 bits per heavy atom. The molecule has 0 aromatic rings. The van der Waals surface area contributed by atoms with Crippen molar-refractivity contribution in [1.82, 2.24) is 9.62 Å². The first kappa shape index (κ1) is 13.9. The Hall–Kier alpha value is -0.130. The van der Waals surface area contributed by atoms with Crippen molar-refractivity contribution in [3.8, 4) is 0 Å². The molecule has 0 spiro atoms. The van der Waals surface area contributed by atoms with Crippen LogP contribution in [0.5, 0.6) is 0 Å². The maximum absolute atomic E-state index is 12.3. The third-order valence-electron chi connectivity index (χ3n) is 3.20. The van der Waals surface area contributed by atoms with Crippen LogP contribution in [-0.4, -0.2) is 43.1 Å². The largest absolute Gasteiger partial charge is 0.315 e. The summed E-state index contributed by atoms with van der Waals surface area (Å²) < 4.78 is 26.2. The average Bonchev–Trinajstić information content (AvgIpc) is 2.14. The van der Waals surface area contributed by atoms with Crippen LogP contribution < -0.4 is 5.32 Å². The van der Waals surface area contributed by atoms with Gasteiger partial charge in [-0.25, -0.2) is 8.42 Å².